The molecule has 1 aliphatic rings. The van der Waals surface area contributed by atoms with E-state index in [1.165, 1.54) is 22.5 Å². The van der Waals surface area contributed by atoms with Crippen molar-refractivity contribution < 1.29 is 13.2 Å². The first-order chi connectivity index (χ1) is 10.8. The first-order valence-electron chi connectivity index (χ1n) is 7.28. The van der Waals surface area contributed by atoms with Crippen molar-refractivity contribution in [1.82, 2.24) is 9.62 Å². The molecule has 0 aromatic heterocycles. The van der Waals surface area contributed by atoms with Crippen LogP contribution in [0.2, 0.25) is 10.0 Å². The smallest absolute Gasteiger partial charge is 0.243 e. The molecule has 1 aromatic rings. The summed E-state index contributed by atoms with van der Waals surface area (Å²) in [6.07, 6.45) is 1.27. The number of benzene rings is 1. The molecular formula is C14H19Cl2N3O3S. The van der Waals surface area contributed by atoms with Crippen molar-refractivity contribution in [2.24, 2.45) is 11.7 Å². The number of carbonyl (C=O) groups excluding carboxylic acids is 1. The Bertz CT molecular complexity index is 662. The average Bonchev–Trinajstić information content (AvgIpc) is 2.51. The van der Waals surface area contributed by atoms with Crippen molar-refractivity contribution in [3.8, 4) is 0 Å². The minimum absolute atomic E-state index is 0.0398. The number of halogens is 2. The molecule has 0 spiro atoms. The monoisotopic (exact) mass is 379 g/mol. The zero-order chi connectivity index (χ0) is 17.0. The van der Waals surface area contributed by atoms with E-state index in [1.807, 2.05) is 0 Å². The predicted molar refractivity (Wildman–Crippen MR) is 90.0 cm³/mol. The maximum Gasteiger partial charge on any atom is 0.243 e. The van der Waals surface area contributed by atoms with E-state index in [0.29, 0.717) is 32.5 Å². The van der Waals surface area contributed by atoms with Gasteiger partial charge in [-0.2, -0.15) is 4.31 Å². The summed E-state index contributed by atoms with van der Waals surface area (Å²) in [5.74, 6) is -0.542. The fourth-order valence-corrected chi connectivity index (χ4v) is 4.79. The van der Waals surface area contributed by atoms with Crippen LogP contribution in [0.3, 0.4) is 0 Å². The van der Waals surface area contributed by atoms with Gasteiger partial charge in [-0.3, -0.25) is 4.79 Å². The molecule has 1 atom stereocenters. The molecule has 128 valence electrons. The number of carbonyl (C=O) groups is 1. The van der Waals surface area contributed by atoms with E-state index >= 15 is 0 Å². The number of nitrogens with two attached hydrogens (primary N) is 1. The molecule has 1 fully saturated rings. The summed E-state index contributed by atoms with van der Waals surface area (Å²) in [4.78, 5) is 12.1. The van der Waals surface area contributed by atoms with Gasteiger partial charge in [0.25, 0.3) is 0 Å². The zero-order valence-electron chi connectivity index (χ0n) is 12.5. The molecule has 6 nitrogen and oxygen atoms in total. The number of nitrogens with one attached hydrogen (secondary N) is 1. The summed E-state index contributed by atoms with van der Waals surface area (Å²) >= 11 is 11.8. The Hall–Kier alpha value is -0.860. The Morgan fingerprint density at radius 1 is 1.30 bits per heavy atom. The summed E-state index contributed by atoms with van der Waals surface area (Å²) in [5.41, 5.74) is 5.36. The highest BCUT2D eigenvalue weighted by molar-refractivity contribution is 7.89. The third-order valence-electron chi connectivity index (χ3n) is 3.67. The van der Waals surface area contributed by atoms with E-state index in [1.54, 1.807) is 0 Å². The average molecular weight is 380 g/mol. The maximum atomic E-state index is 12.7. The van der Waals surface area contributed by atoms with Crippen LogP contribution in [0.1, 0.15) is 12.8 Å². The lowest BCUT2D eigenvalue weighted by Crippen LogP contribution is -2.46. The first-order valence-corrected chi connectivity index (χ1v) is 9.48. The molecule has 1 amide bonds. The van der Waals surface area contributed by atoms with Gasteiger partial charge in [-0.15, -0.1) is 0 Å². The second-order valence-corrected chi connectivity index (χ2v) is 8.20. The molecule has 0 radical (unpaired) electrons. The minimum Gasteiger partial charge on any atom is -0.355 e. The fourth-order valence-electron chi connectivity index (χ4n) is 2.54. The van der Waals surface area contributed by atoms with E-state index in [4.69, 9.17) is 28.9 Å². The lowest BCUT2D eigenvalue weighted by molar-refractivity contribution is -0.126. The topological polar surface area (TPSA) is 92.5 Å². The molecule has 0 bridgehead atoms. The summed E-state index contributed by atoms with van der Waals surface area (Å²) in [7, 11) is -3.73. The Morgan fingerprint density at radius 3 is 2.57 bits per heavy atom. The first kappa shape index (κ1) is 18.5. The van der Waals surface area contributed by atoms with Gasteiger partial charge in [0.1, 0.15) is 0 Å². The van der Waals surface area contributed by atoms with Crippen LogP contribution in [-0.2, 0) is 14.8 Å². The van der Waals surface area contributed by atoms with Crippen LogP contribution in [0.5, 0.6) is 0 Å². The van der Waals surface area contributed by atoms with Gasteiger partial charge >= 0.3 is 0 Å². The van der Waals surface area contributed by atoms with Crippen LogP contribution in [0.4, 0.5) is 0 Å². The Labute approximate surface area is 146 Å². The molecule has 9 heteroatoms. The van der Waals surface area contributed by atoms with E-state index in [9.17, 15) is 13.2 Å². The second-order valence-electron chi connectivity index (χ2n) is 5.39. The SMILES string of the molecule is NCCNC(=O)C1CCCN(S(=O)(=O)c2cc(Cl)cc(Cl)c2)C1. The second kappa shape index (κ2) is 7.81. The lowest BCUT2D eigenvalue weighted by atomic mass is 9.99. The van der Waals surface area contributed by atoms with Gasteiger partial charge in [-0.05, 0) is 31.0 Å². The number of amides is 1. The number of nitrogens with zero attached hydrogens (tertiary/aromatic N) is 1. The van der Waals surface area contributed by atoms with Crippen molar-refractivity contribution in [1.29, 1.82) is 0 Å². The molecule has 0 saturated carbocycles. The maximum absolute atomic E-state index is 12.7. The van der Waals surface area contributed by atoms with Crippen LogP contribution in [-0.4, -0.2) is 44.8 Å². The Balaban J connectivity index is 2.17. The van der Waals surface area contributed by atoms with Crippen LogP contribution >= 0.6 is 23.2 Å². The largest absolute Gasteiger partial charge is 0.355 e. The van der Waals surface area contributed by atoms with Crippen molar-refractivity contribution in [3.63, 3.8) is 0 Å². The molecule has 1 aliphatic heterocycles. The van der Waals surface area contributed by atoms with E-state index in [2.05, 4.69) is 5.32 Å². The van der Waals surface area contributed by atoms with E-state index < -0.39 is 10.0 Å². The van der Waals surface area contributed by atoms with Crippen LogP contribution in [0, 0.1) is 5.92 Å². The van der Waals surface area contributed by atoms with Gasteiger partial charge in [0.15, 0.2) is 0 Å². The van der Waals surface area contributed by atoms with Crippen molar-refractivity contribution in [2.75, 3.05) is 26.2 Å². The molecule has 1 heterocycles. The number of hydrogen-bond donors (Lipinski definition) is 2. The van der Waals surface area contributed by atoms with Gasteiger partial charge in [-0.25, -0.2) is 8.42 Å². The normalized spacial score (nSPS) is 19.5. The molecule has 1 aromatic carbocycles. The highest BCUT2D eigenvalue weighted by Gasteiger charge is 2.33. The Morgan fingerprint density at radius 2 is 1.96 bits per heavy atom. The van der Waals surface area contributed by atoms with E-state index in [0.717, 1.165) is 0 Å². The van der Waals surface area contributed by atoms with Crippen LogP contribution < -0.4 is 11.1 Å². The zero-order valence-corrected chi connectivity index (χ0v) is 14.8. The van der Waals surface area contributed by atoms with Gasteiger partial charge < -0.3 is 11.1 Å². The van der Waals surface area contributed by atoms with Gasteiger partial charge in [0.05, 0.1) is 10.8 Å². The molecule has 1 unspecified atom stereocenters. The molecular weight excluding hydrogens is 361 g/mol. The number of rotatable bonds is 5. The van der Waals surface area contributed by atoms with Gasteiger partial charge in [0.2, 0.25) is 15.9 Å². The molecule has 2 rings (SSSR count). The van der Waals surface area contributed by atoms with Crippen LogP contribution in [0.15, 0.2) is 23.1 Å². The summed E-state index contributed by atoms with van der Waals surface area (Å²) in [6.45, 7) is 1.24. The molecule has 3 N–H and O–H groups in total. The third-order valence-corrected chi connectivity index (χ3v) is 5.95. The van der Waals surface area contributed by atoms with Gasteiger partial charge in [-0.1, -0.05) is 23.2 Å². The molecule has 1 saturated heterocycles. The third kappa shape index (κ3) is 4.58. The predicted octanol–water partition coefficient (Wildman–Crippen LogP) is 1.47. The molecule has 0 aliphatic carbocycles. The van der Waals surface area contributed by atoms with E-state index in [-0.39, 0.29) is 33.3 Å². The summed E-state index contributed by atoms with van der Waals surface area (Å²) < 4.78 is 26.8. The fraction of sp³-hybridized carbons (Fsp3) is 0.500. The highest BCUT2D eigenvalue weighted by atomic mass is 35.5. The lowest BCUT2D eigenvalue weighted by Gasteiger charge is -2.31. The number of piperidine rings is 1. The highest BCUT2D eigenvalue weighted by Crippen LogP contribution is 2.28. The molecule has 23 heavy (non-hydrogen) atoms. The van der Waals surface area contributed by atoms with Crippen molar-refractivity contribution >= 4 is 39.1 Å². The minimum atomic E-state index is -3.73. The Kier molecular flexibility index (Phi) is 6.27. The van der Waals surface area contributed by atoms with Gasteiger partial charge in [0, 0.05) is 36.2 Å². The van der Waals surface area contributed by atoms with Crippen LogP contribution in [0.25, 0.3) is 0 Å². The van der Waals surface area contributed by atoms with Crippen molar-refractivity contribution in [2.45, 2.75) is 17.7 Å². The van der Waals surface area contributed by atoms with Crippen molar-refractivity contribution in [3.05, 3.63) is 28.2 Å². The summed E-state index contributed by atoms with van der Waals surface area (Å²) in [5, 5.41) is 3.21. The summed E-state index contributed by atoms with van der Waals surface area (Å²) in [6, 6.07) is 4.20. The standard InChI is InChI=1S/C14H19Cl2N3O3S/c15-11-6-12(16)8-13(7-11)23(21,22)19-5-1-2-10(9-19)14(20)18-4-3-17/h6-8,10H,1-5,9,17H2,(H,18,20). The quantitative estimate of drug-likeness (QED) is 0.809. The number of hydrogen-bond acceptors (Lipinski definition) is 4. The number of sulfonamides is 1.